The summed E-state index contributed by atoms with van der Waals surface area (Å²) in [5, 5.41) is 3.34. The largest absolute Gasteiger partial charge is 0.493 e. The van der Waals surface area contributed by atoms with Gasteiger partial charge >= 0.3 is 0 Å². The molecule has 0 saturated heterocycles. The molecule has 0 aliphatic heterocycles. The van der Waals surface area contributed by atoms with Crippen molar-refractivity contribution in [3.05, 3.63) is 90.0 Å². The Balaban J connectivity index is 1.47. The fraction of sp³-hybridized carbons (Fsp3) is 0.208. The van der Waals surface area contributed by atoms with Crippen molar-refractivity contribution in [2.24, 2.45) is 0 Å². The molecular weight excluding hydrogens is 398 g/mol. The highest BCUT2D eigenvalue weighted by Crippen LogP contribution is 2.29. The van der Waals surface area contributed by atoms with Gasteiger partial charge in [0.25, 0.3) is 0 Å². The lowest BCUT2D eigenvalue weighted by Crippen LogP contribution is -2.23. The van der Waals surface area contributed by atoms with Gasteiger partial charge in [0.2, 0.25) is 0 Å². The van der Waals surface area contributed by atoms with E-state index < -0.39 is 0 Å². The van der Waals surface area contributed by atoms with Crippen LogP contribution in [0.25, 0.3) is 0 Å². The number of rotatable bonds is 10. The van der Waals surface area contributed by atoms with Crippen molar-refractivity contribution in [2.75, 3.05) is 19.4 Å². The minimum absolute atomic E-state index is 0.498. The van der Waals surface area contributed by atoms with Gasteiger partial charge in [-0.2, -0.15) is 0 Å². The summed E-state index contributed by atoms with van der Waals surface area (Å²) >= 11 is 7.40. The lowest BCUT2D eigenvalue weighted by molar-refractivity contribution is 0.284. The van der Waals surface area contributed by atoms with E-state index in [1.807, 2.05) is 66.4 Å². The molecule has 0 aliphatic rings. The minimum Gasteiger partial charge on any atom is -0.493 e. The monoisotopic (exact) mass is 423 g/mol. The zero-order chi connectivity index (χ0) is 20.3. The van der Waals surface area contributed by atoms with Crippen LogP contribution in [0, 0.1) is 0 Å². The Morgan fingerprint density at radius 1 is 0.931 bits per heavy atom. The predicted molar refractivity (Wildman–Crippen MR) is 125 cm³/mol. The smallest absolute Gasteiger partial charge is 0.161 e. The van der Waals surface area contributed by atoms with Crippen LogP contribution in [0.1, 0.15) is 17.5 Å². The van der Waals surface area contributed by atoms with Crippen LogP contribution in [0.5, 0.6) is 11.5 Å². The Morgan fingerprint density at radius 3 is 2.38 bits per heavy atom. The summed E-state index contributed by atoms with van der Waals surface area (Å²) in [4.78, 5) is 2.02. The van der Waals surface area contributed by atoms with Crippen LogP contribution in [0.3, 0.4) is 0 Å². The standard InChI is InChI=1S/C24H25NO2S2/c1-26-23-17-20(13-14-22(23)27-18-19-9-4-2-5-10-19)24(28)25-15-8-16-29-21-11-6-3-7-12-21/h2-7,9-14,17H,8,15-16,18H2,1H3,(H,25,28). The maximum absolute atomic E-state index is 5.91. The highest BCUT2D eigenvalue weighted by atomic mass is 32.2. The summed E-state index contributed by atoms with van der Waals surface area (Å²) in [7, 11) is 1.64. The average molecular weight is 424 g/mol. The van der Waals surface area contributed by atoms with Crippen molar-refractivity contribution < 1.29 is 9.47 Å². The zero-order valence-corrected chi connectivity index (χ0v) is 18.1. The van der Waals surface area contributed by atoms with Crippen molar-refractivity contribution in [3.8, 4) is 11.5 Å². The number of ether oxygens (including phenoxy) is 2. The fourth-order valence-corrected chi connectivity index (χ4v) is 3.85. The molecule has 0 spiro atoms. The first-order valence-corrected chi connectivity index (χ1v) is 11.0. The molecule has 0 bridgehead atoms. The van der Waals surface area contributed by atoms with Crippen LogP contribution in [-0.2, 0) is 6.61 Å². The van der Waals surface area contributed by atoms with E-state index in [9.17, 15) is 0 Å². The molecule has 150 valence electrons. The maximum Gasteiger partial charge on any atom is 0.161 e. The maximum atomic E-state index is 5.91. The zero-order valence-electron chi connectivity index (χ0n) is 16.5. The van der Waals surface area contributed by atoms with Crippen LogP contribution < -0.4 is 14.8 Å². The van der Waals surface area contributed by atoms with Gasteiger partial charge in [-0.3, -0.25) is 0 Å². The molecular formula is C24H25NO2S2. The van der Waals surface area contributed by atoms with Crippen LogP contribution >= 0.6 is 24.0 Å². The molecule has 29 heavy (non-hydrogen) atoms. The van der Waals surface area contributed by atoms with Gasteiger partial charge in [0.05, 0.1) is 7.11 Å². The Kier molecular flexibility index (Phi) is 8.40. The van der Waals surface area contributed by atoms with Gasteiger partial charge in [-0.25, -0.2) is 0 Å². The van der Waals surface area contributed by atoms with Crippen LogP contribution in [0.4, 0.5) is 0 Å². The number of hydrogen-bond acceptors (Lipinski definition) is 4. The minimum atomic E-state index is 0.498. The van der Waals surface area contributed by atoms with E-state index in [0.29, 0.717) is 18.1 Å². The molecule has 3 rings (SSSR count). The second-order valence-corrected chi connectivity index (χ2v) is 7.99. The molecule has 0 aromatic heterocycles. The number of hydrogen-bond donors (Lipinski definition) is 1. The molecule has 3 aromatic carbocycles. The van der Waals surface area contributed by atoms with Crippen molar-refractivity contribution in [2.45, 2.75) is 17.9 Å². The number of thioether (sulfide) groups is 1. The highest BCUT2D eigenvalue weighted by Gasteiger charge is 2.09. The number of methoxy groups -OCH3 is 1. The molecule has 1 N–H and O–H groups in total. The van der Waals surface area contributed by atoms with Gasteiger partial charge in [-0.1, -0.05) is 60.7 Å². The second kappa shape index (κ2) is 11.5. The number of nitrogens with one attached hydrogen (secondary N) is 1. The summed E-state index contributed by atoms with van der Waals surface area (Å²) in [6.07, 6.45) is 1.04. The van der Waals surface area contributed by atoms with Crippen LogP contribution in [-0.4, -0.2) is 24.4 Å². The van der Waals surface area contributed by atoms with E-state index in [1.165, 1.54) is 4.90 Å². The number of benzene rings is 3. The first kappa shape index (κ1) is 21.2. The van der Waals surface area contributed by atoms with Crippen LogP contribution in [0.2, 0.25) is 0 Å². The van der Waals surface area contributed by atoms with E-state index >= 15 is 0 Å². The average Bonchev–Trinajstić information content (AvgIpc) is 2.78. The Labute approximate surface area is 182 Å². The lowest BCUT2D eigenvalue weighted by Gasteiger charge is -2.13. The molecule has 0 saturated carbocycles. The normalized spacial score (nSPS) is 10.4. The summed E-state index contributed by atoms with van der Waals surface area (Å²) in [5.74, 6) is 2.44. The molecule has 0 atom stereocenters. The van der Waals surface area contributed by atoms with E-state index in [4.69, 9.17) is 21.7 Å². The molecule has 0 amide bonds. The molecule has 3 nitrogen and oxygen atoms in total. The van der Waals surface area contributed by atoms with E-state index in [1.54, 1.807) is 7.11 Å². The van der Waals surface area contributed by atoms with Crippen molar-refractivity contribution >= 4 is 29.0 Å². The number of thiocarbonyl (C=S) groups is 1. The SMILES string of the molecule is COc1cc(C(=S)NCCCSc2ccccc2)ccc1OCc1ccccc1. The van der Waals surface area contributed by atoms with Crippen molar-refractivity contribution in [1.29, 1.82) is 0 Å². The molecule has 0 aliphatic carbocycles. The third-order valence-corrected chi connectivity index (χ3v) is 5.76. The van der Waals surface area contributed by atoms with Crippen LogP contribution in [0.15, 0.2) is 83.8 Å². The molecule has 0 heterocycles. The van der Waals surface area contributed by atoms with Crippen molar-refractivity contribution in [1.82, 2.24) is 5.32 Å². The molecule has 5 heteroatoms. The van der Waals surface area contributed by atoms with Gasteiger partial charge in [0.15, 0.2) is 11.5 Å². The topological polar surface area (TPSA) is 30.5 Å². The van der Waals surface area contributed by atoms with Gasteiger partial charge in [0, 0.05) is 17.0 Å². The Bertz CT molecular complexity index is 901. The third kappa shape index (κ3) is 6.80. The first-order valence-electron chi connectivity index (χ1n) is 9.57. The predicted octanol–water partition coefficient (Wildman–Crippen LogP) is 5.72. The van der Waals surface area contributed by atoms with E-state index in [0.717, 1.165) is 34.8 Å². The van der Waals surface area contributed by atoms with Gasteiger partial charge in [0.1, 0.15) is 11.6 Å². The fourth-order valence-electron chi connectivity index (χ4n) is 2.75. The third-order valence-electron chi connectivity index (χ3n) is 4.28. The molecule has 3 aromatic rings. The lowest BCUT2D eigenvalue weighted by atomic mass is 10.2. The Morgan fingerprint density at radius 2 is 1.66 bits per heavy atom. The highest BCUT2D eigenvalue weighted by molar-refractivity contribution is 7.99. The van der Waals surface area contributed by atoms with Gasteiger partial charge < -0.3 is 14.8 Å². The molecule has 0 fully saturated rings. The van der Waals surface area contributed by atoms with E-state index in [-0.39, 0.29) is 0 Å². The molecule has 0 unspecified atom stereocenters. The summed E-state index contributed by atoms with van der Waals surface area (Å²) < 4.78 is 11.4. The summed E-state index contributed by atoms with van der Waals surface area (Å²) in [6, 6.07) is 26.3. The van der Waals surface area contributed by atoms with E-state index in [2.05, 4.69) is 29.6 Å². The first-order chi connectivity index (χ1) is 14.3. The van der Waals surface area contributed by atoms with Gasteiger partial charge in [-0.15, -0.1) is 11.8 Å². The quantitative estimate of drug-likeness (QED) is 0.256. The summed E-state index contributed by atoms with van der Waals surface area (Å²) in [5.41, 5.74) is 2.05. The summed E-state index contributed by atoms with van der Waals surface area (Å²) in [6.45, 7) is 1.34. The van der Waals surface area contributed by atoms with Crippen molar-refractivity contribution in [3.63, 3.8) is 0 Å². The molecule has 0 radical (unpaired) electrons. The van der Waals surface area contributed by atoms with Gasteiger partial charge in [-0.05, 0) is 48.1 Å². The Hall–Kier alpha value is -2.50. The second-order valence-electron chi connectivity index (χ2n) is 6.41.